The van der Waals surface area contributed by atoms with Crippen LogP contribution in [0.15, 0.2) is 106 Å². The number of benzene rings is 3. The highest BCUT2D eigenvalue weighted by Gasteiger charge is 2.41. The molecule has 0 saturated carbocycles. The number of amides is 1. The van der Waals surface area contributed by atoms with Gasteiger partial charge < -0.3 is 20.0 Å². The molecule has 6 rings (SSSR count). The van der Waals surface area contributed by atoms with Gasteiger partial charge in [-0.2, -0.15) is 0 Å². The first kappa shape index (κ1) is 26.2. The lowest BCUT2D eigenvalue weighted by Gasteiger charge is -2.26. The average Bonchev–Trinajstić information content (AvgIpc) is 3.57. The smallest absolute Gasteiger partial charge is 0.226 e. The minimum atomic E-state index is -0.347. The summed E-state index contributed by atoms with van der Waals surface area (Å²) in [7, 11) is 0. The maximum Gasteiger partial charge on any atom is 0.226 e. The maximum atomic E-state index is 13.7. The van der Waals surface area contributed by atoms with Crippen molar-refractivity contribution in [3.05, 3.63) is 119 Å². The molecule has 3 heterocycles. The second-order valence-electron chi connectivity index (χ2n) is 9.47. The van der Waals surface area contributed by atoms with Gasteiger partial charge in [0.15, 0.2) is 5.11 Å². The molecule has 5 aromatic rings. The first-order valence-electron chi connectivity index (χ1n) is 12.8. The number of fused-ring (bicyclic) bond motifs is 1. The van der Waals surface area contributed by atoms with Crippen LogP contribution in [0.25, 0.3) is 22.1 Å². The molecule has 2 N–H and O–H groups in total. The van der Waals surface area contributed by atoms with Crippen molar-refractivity contribution < 1.29 is 13.6 Å². The van der Waals surface area contributed by atoms with E-state index in [1.54, 1.807) is 12.3 Å². The number of thiocarbonyl (C=S) groups is 1. The monoisotopic (exact) mass is 614 g/mol. The van der Waals surface area contributed by atoms with E-state index in [9.17, 15) is 9.18 Å². The Morgan fingerprint density at radius 2 is 1.88 bits per heavy atom. The van der Waals surface area contributed by atoms with Crippen LogP contribution >= 0.6 is 28.1 Å². The summed E-state index contributed by atoms with van der Waals surface area (Å²) < 4.78 is 20.6. The van der Waals surface area contributed by atoms with Crippen LogP contribution in [-0.2, 0) is 4.79 Å². The van der Waals surface area contributed by atoms with Crippen molar-refractivity contribution in [1.82, 2.24) is 15.2 Å². The molecule has 1 aliphatic rings. The fourth-order valence-corrected chi connectivity index (χ4v) is 5.95. The van der Waals surface area contributed by atoms with Gasteiger partial charge in [0.05, 0.1) is 11.7 Å². The molecule has 1 saturated heterocycles. The Hall–Kier alpha value is -4.08. The zero-order valence-corrected chi connectivity index (χ0v) is 23.6. The quantitative estimate of drug-likeness (QED) is 0.186. The third-order valence-electron chi connectivity index (χ3n) is 6.96. The van der Waals surface area contributed by atoms with Gasteiger partial charge in [-0.1, -0.05) is 42.5 Å². The summed E-state index contributed by atoms with van der Waals surface area (Å²) in [5.74, 6) is 0.794. The molecule has 0 bridgehead atoms. The SMILES string of the molecule is O=C(CCN1C(=S)NC(c2ccccn2)C1c1ccc(-c2ccc(F)cc2Br)o1)Nc1cccc2ccccc12. The summed E-state index contributed by atoms with van der Waals surface area (Å²) in [5, 5.41) is 8.99. The van der Waals surface area contributed by atoms with Gasteiger partial charge in [-0.15, -0.1) is 0 Å². The fraction of sp³-hybridized carbons (Fsp3) is 0.129. The van der Waals surface area contributed by atoms with Gasteiger partial charge in [0.2, 0.25) is 5.91 Å². The number of aromatic nitrogens is 1. The van der Waals surface area contributed by atoms with Crippen LogP contribution in [0.5, 0.6) is 0 Å². The highest BCUT2D eigenvalue weighted by atomic mass is 79.9. The van der Waals surface area contributed by atoms with Crippen molar-refractivity contribution >= 4 is 55.6 Å². The topological polar surface area (TPSA) is 70.4 Å². The number of pyridine rings is 1. The predicted octanol–water partition coefficient (Wildman–Crippen LogP) is 7.40. The Balaban J connectivity index is 1.26. The van der Waals surface area contributed by atoms with Crippen LogP contribution in [0.2, 0.25) is 0 Å². The number of hydrogen-bond donors (Lipinski definition) is 2. The van der Waals surface area contributed by atoms with Gasteiger partial charge in [0, 0.05) is 40.3 Å². The molecule has 2 unspecified atom stereocenters. The van der Waals surface area contributed by atoms with Crippen LogP contribution in [0.4, 0.5) is 10.1 Å². The highest BCUT2D eigenvalue weighted by Crippen LogP contribution is 2.41. The number of nitrogens with zero attached hydrogens (tertiary/aromatic N) is 2. The molecule has 6 nitrogen and oxygen atoms in total. The maximum absolute atomic E-state index is 13.7. The summed E-state index contributed by atoms with van der Waals surface area (Å²) in [4.78, 5) is 19.6. The lowest BCUT2D eigenvalue weighted by atomic mass is 10.0. The molecule has 2 aromatic heterocycles. The molecule has 1 aliphatic heterocycles. The van der Waals surface area contributed by atoms with E-state index in [4.69, 9.17) is 16.6 Å². The van der Waals surface area contributed by atoms with E-state index >= 15 is 0 Å². The summed E-state index contributed by atoms with van der Waals surface area (Å²) in [6.45, 7) is 0.368. The van der Waals surface area contributed by atoms with Gasteiger partial charge >= 0.3 is 0 Å². The summed E-state index contributed by atoms with van der Waals surface area (Å²) in [6, 6.07) is 27.1. The number of carbonyl (C=O) groups is 1. The van der Waals surface area contributed by atoms with Gasteiger partial charge in [-0.25, -0.2) is 4.39 Å². The minimum absolute atomic E-state index is 0.116. The molecule has 1 amide bonds. The lowest BCUT2D eigenvalue weighted by Crippen LogP contribution is -2.32. The van der Waals surface area contributed by atoms with Crippen LogP contribution in [-0.4, -0.2) is 27.4 Å². The molecular weight excluding hydrogens is 591 g/mol. The largest absolute Gasteiger partial charge is 0.459 e. The Morgan fingerprint density at radius 1 is 1.05 bits per heavy atom. The van der Waals surface area contributed by atoms with E-state index in [2.05, 4.69) is 31.5 Å². The summed E-state index contributed by atoms with van der Waals surface area (Å²) >= 11 is 9.17. The summed E-state index contributed by atoms with van der Waals surface area (Å²) in [5.41, 5.74) is 2.31. The number of rotatable bonds is 7. The van der Waals surface area contributed by atoms with E-state index in [1.807, 2.05) is 77.7 Å². The first-order chi connectivity index (χ1) is 19.5. The Morgan fingerprint density at radius 3 is 2.70 bits per heavy atom. The first-order valence-corrected chi connectivity index (χ1v) is 14.0. The van der Waals surface area contributed by atoms with E-state index in [0.717, 1.165) is 27.7 Å². The Bertz CT molecular complexity index is 1710. The third kappa shape index (κ3) is 5.22. The van der Waals surface area contributed by atoms with Crippen molar-refractivity contribution in [2.45, 2.75) is 18.5 Å². The molecule has 1 fully saturated rings. The van der Waals surface area contributed by atoms with Gasteiger partial charge in [0.1, 0.15) is 23.4 Å². The number of hydrogen-bond acceptors (Lipinski definition) is 4. The normalized spacial score (nSPS) is 16.8. The van der Waals surface area contributed by atoms with Crippen molar-refractivity contribution in [1.29, 1.82) is 0 Å². The van der Waals surface area contributed by atoms with E-state index in [-0.39, 0.29) is 30.2 Å². The number of furan rings is 1. The molecule has 0 spiro atoms. The van der Waals surface area contributed by atoms with E-state index in [0.29, 0.717) is 27.7 Å². The van der Waals surface area contributed by atoms with Crippen LogP contribution in [0, 0.1) is 5.82 Å². The molecular formula is C31H24BrFN4O2S. The third-order valence-corrected chi connectivity index (χ3v) is 7.96. The number of halogens is 2. The standard InChI is InChI=1S/C31H24BrFN4O2S/c32-23-18-20(33)11-12-22(23)26-13-14-27(39-26)30-29(25-9-3-4-16-34-25)36-31(40)37(30)17-15-28(38)35-24-10-5-7-19-6-1-2-8-21(19)24/h1-14,16,18,29-30H,15,17H2,(H,35,38)(H,36,40). The van der Waals surface area contributed by atoms with Crippen molar-refractivity contribution in [3.8, 4) is 11.3 Å². The van der Waals surface area contributed by atoms with E-state index < -0.39 is 0 Å². The minimum Gasteiger partial charge on any atom is -0.459 e. The Kier molecular flexibility index (Phi) is 7.32. The zero-order valence-electron chi connectivity index (χ0n) is 21.2. The van der Waals surface area contributed by atoms with Crippen molar-refractivity contribution in [2.24, 2.45) is 0 Å². The average molecular weight is 616 g/mol. The highest BCUT2D eigenvalue weighted by molar-refractivity contribution is 9.10. The van der Waals surface area contributed by atoms with Crippen molar-refractivity contribution in [2.75, 3.05) is 11.9 Å². The lowest BCUT2D eigenvalue weighted by molar-refractivity contribution is -0.116. The Labute approximate surface area is 244 Å². The fourth-order valence-electron chi connectivity index (χ4n) is 5.07. The molecule has 9 heteroatoms. The molecule has 40 heavy (non-hydrogen) atoms. The van der Waals surface area contributed by atoms with Gasteiger partial charge in [-0.3, -0.25) is 9.78 Å². The second-order valence-corrected chi connectivity index (χ2v) is 10.7. The molecule has 3 aromatic carbocycles. The van der Waals surface area contributed by atoms with Gasteiger partial charge in [0.25, 0.3) is 0 Å². The van der Waals surface area contributed by atoms with Gasteiger partial charge in [-0.05, 0) is 82.1 Å². The number of carbonyl (C=O) groups excluding carboxylic acids is 1. The molecule has 200 valence electrons. The number of nitrogens with one attached hydrogen (secondary N) is 2. The number of anilines is 1. The van der Waals surface area contributed by atoms with E-state index in [1.165, 1.54) is 12.1 Å². The second kappa shape index (κ2) is 11.2. The summed E-state index contributed by atoms with van der Waals surface area (Å²) in [6.07, 6.45) is 1.95. The van der Waals surface area contributed by atoms with Crippen LogP contribution in [0.3, 0.4) is 0 Å². The molecule has 0 aliphatic carbocycles. The van der Waals surface area contributed by atoms with Crippen LogP contribution < -0.4 is 10.6 Å². The predicted molar refractivity (Wildman–Crippen MR) is 161 cm³/mol. The van der Waals surface area contributed by atoms with Crippen LogP contribution in [0.1, 0.15) is 30.0 Å². The molecule has 0 radical (unpaired) electrons. The van der Waals surface area contributed by atoms with Crippen molar-refractivity contribution in [3.63, 3.8) is 0 Å². The zero-order chi connectivity index (χ0) is 27.6. The molecule has 2 atom stereocenters.